The first-order valence-electron chi connectivity index (χ1n) is 8.25. The molecule has 0 spiro atoms. The first kappa shape index (κ1) is 18.5. The quantitative estimate of drug-likeness (QED) is 0.570. The zero-order valence-corrected chi connectivity index (χ0v) is 15.5. The van der Waals surface area contributed by atoms with Crippen LogP contribution in [0.3, 0.4) is 0 Å². The molecule has 6 nitrogen and oxygen atoms in total. The normalized spacial score (nSPS) is 10.3. The van der Waals surface area contributed by atoms with Crippen molar-refractivity contribution in [2.45, 2.75) is 6.54 Å². The third kappa shape index (κ3) is 4.68. The summed E-state index contributed by atoms with van der Waals surface area (Å²) in [6.45, 7) is 0.555. The highest BCUT2D eigenvalue weighted by Crippen LogP contribution is 2.29. The first-order chi connectivity index (χ1) is 13.1. The third-order valence-electron chi connectivity index (χ3n) is 3.92. The van der Waals surface area contributed by atoms with Crippen LogP contribution in [0.25, 0.3) is 0 Å². The number of nitrogens with two attached hydrogens (primary N) is 1. The number of aromatic nitrogens is 1. The van der Waals surface area contributed by atoms with E-state index in [1.54, 1.807) is 25.3 Å². The lowest BCUT2D eigenvalue weighted by molar-refractivity contribution is 0.100. The molecule has 3 aromatic rings. The van der Waals surface area contributed by atoms with Gasteiger partial charge < -0.3 is 21.1 Å². The van der Waals surface area contributed by atoms with Crippen molar-refractivity contribution in [3.8, 4) is 5.75 Å². The van der Waals surface area contributed by atoms with E-state index in [0.29, 0.717) is 34.4 Å². The molecule has 27 heavy (non-hydrogen) atoms. The number of pyridine rings is 1. The molecule has 0 bridgehead atoms. The van der Waals surface area contributed by atoms with Crippen LogP contribution in [0, 0.1) is 0 Å². The second-order valence-electron chi connectivity index (χ2n) is 5.79. The highest BCUT2D eigenvalue weighted by atomic mass is 35.5. The summed E-state index contributed by atoms with van der Waals surface area (Å²) < 4.78 is 5.15. The predicted octanol–water partition coefficient (Wildman–Crippen LogP) is 4.20. The number of methoxy groups -OCH3 is 1. The molecule has 0 aliphatic heterocycles. The Balaban J connectivity index is 1.82. The lowest BCUT2D eigenvalue weighted by Crippen LogP contribution is -2.15. The van der Waals surface area contributed by atoms with Gasteiger partial charge in [-0.25, -0.2) is 4.98 Å². The average molecular weight is 383 g/mol. The highest BCUT2D eigenvalue weighted by molar-refractivity contribution is 6.32. The molecule has 1 amide bonds. The lowest BCUT2D eigenvalue weighted by atomic mass is 10.2. The Kier molecular flexibility index (Phi) is 5.78. The molecule has 0 radical (unpaired) electrons. The molecule has 138 valence electrons. The van der Waals surface area contributed by atoms with Crippen molar-refractivity contribution in [1.29, 1.82) is 0 Å². The molecule has 7 heteroatoms. The Morgan fingerprint density at radius 3 is 2.63 bits per heavy atom. The van der Waals surface area contributed by atoms with Gasteiger partial charge in [-0.15, -0.1) is 0 Å². The second-order valence-corrected chi connectivity index (χ2v) is 6.20. The summed E-state index contributed by atoms with van der Waals surface area (Å²) in [5.41, 5.74) is 8.22. The van der Waals surface area contributed by atoms with Crippen LogP contribution >= 0.6 is 11.6 Å². The van der Waals surface area contributed by atoms with Crippen LogP contribution in [0.5, 0.6) is 5.75 Å². The maximum atomic E-state index is 11.7. The van der Waals surface area contributed by atoms with E-state index in [0.717, 1.165) is 11.3 Å². The monoisotopic (exact) mass is 382 g/mol. The second kappa shape index (κ2) is 8.42. The Morgan fingerprint density at radius 2 is 1.96 bits per heavy atom. The molecule has 0 unspecified atom stereocenters. The van der Waals surface area contributed by atoms with E-state index >= 15 is 0 Å². The number of carbonyl (C=O) groups excluding carboxylic acids is 1. The molecule has 4 N–H and O–H groups in total. The number of hydrogen-bond donors (Lipinski definition) is 3. The van der Waals surface area contributed by atoms with Crippen molar-refractivity contribution in [3.05, 3.63) is 76.9 Å². The van der Waals surface area contributed by atoms with Crippen LogP contribution in [-0.2, 0) is 6.54 Å². The Labute approximate surface area is 162 Å². The van der Waals surface area contributed by atoms with Gasteiger partial charge in [-0.05, 0) is 23.8 Å². The van der Waals surface area contributed by atoms with E-state index < -0.39 is 5.91 Å². The minimum Gasteiger partial charge on any atom is -0.495 e. The summed E-state index contributed by atoms with van der Waals surface area (Å²) in [7, 11) is 1.56. The van der Waals surface area contributed by atoms with Gasteiger partial charge in [0.25, 0.3) is 5.91 Å². The standard InChI is InChI=1S/C20H19ClN4O2/c1-27-18-8-7-14(9-16(18)21)25-19-10-17(15(12-24-19)20(22)26)23-11-13-5-3-2-4-6-13/h2-10,12H,11H2,1H3,(H2,22,26)(H2,23,24,25). The summed E-state index contributed by atoms with van der Waals surface area (Å²) in [5, 5.41) is 6.88. The molecule has 1 heterocycles. The van der Waals surface area contributed by atoms with E-state index in [2.05, 4.69) is 15.6 Å². The summed E-state index contributed by atoms with van der Waals surface area (Å²) in [6.07, 6.45) is 1.45. The van der Waals surface area contributed by atoms with Gasteiger partial charge in [-0.3, -0.25) is 4.79 Å². The predicted molar refractivity (Wildman–Crippen MR) is 108 cm³/mol. The molecular weight excluding hydrogens is 364 g/mol. The number of rotatable bonds is 7. The Bertz CT molecular complexity index is 948. The van der Waals surface area contributed by atoms with E-state index in [4.69, 9.17) is 22.1 Å². The van der Waals surface area contributed by atoms with Gasteiger partial charge in [0.15, 0.2) is 0 Å². The van der Waals surface area contributed by atoms with Gasteiger partial charge in [-0.2, -0.15) is 0 Å². The van der Waals surface area contributed by atoms with Crippen LogP contribution in [0.2, 0.25) is 5.02 Å². The van der Waals surface area contributed by atoms with Crippen molar-refractivity contribution < 1.29 is 9.53 Å². The molecule has 0 aliphatic carbocycles. The number of nitrogens with one attached hydrogen (secondary N) is 2. The number of nitrogens with zero attached hydrogens (tertiary/aromatic N) is 1. The van der Waals surface area contributed by atoms with Crippen LogP contribution in [0.1, 0.15) is 15.9 Å². The topological polar surface area (TPSA) is 89.3 Å². The number of hydrogen-bond acceptors (Lipinski definition) is 5. The van der Waals surface area contributed by atoms with Gasteiger partial charge in [0.2, 0.25) is 0 Å². The van der Waals surface area contributed by atoms with Gasteiger partial charge in [0.05, 0.1) is 23.4 Å². The molecule has 0 saturated carbocycles. The SMILES string of the molecule is COc1ccc(Nc2cc(NCc3ccccc3)c(C(N)=O)cn2)cc1Cl. The maximum Gasteiger partial charge on any atom is 0.252 e. The Morgan fingerprint density at radius 1 is 1.19 bits per heavy atom. The molecular formula is C20H19ClN4O2. The van der Waals surface area contributed by atoms with Crippen molar-refractivity contribution in [2.24, 2.45) is 5.73 Å². The number of carbonyl (C=O) groups is 1. The molecule has 2 aromatic carbocycles. The zero-order chi connectivity index (χ0) is 19.2. The summed E-state index contributed by atoms with van der Waals surface area (Å²) >= 11 is 6.15. The molecule has 1 aromatic heterocycles. The van der Waals surface area contributed by atoms with E-state index in [1.165, 1.54) is 6.20 Å². The van der Waals surface area contributed by atoms with E-state index in [-0.39, 0.29) is 0 Å². The summed E-state index contributed by atoms with van der Waals surface area (Å²) in [4.78, 5) is 16.0. The third-order valence-corrected chi connectivity index (χ3v) is 4.21. The molecule has 0 aliphatic rings. The largest absolute Gasteiger partial charge is 0.495 e. The number of amides is 1. The van der Waals surface area contributed by atoms with Gasteiger partial charge >= 0.3 is 0 Å². The van der Waals surface area contributed by atoms with Crippen LogP contribution in [0.15, 0.2) is 60.8 Å². The Hall–Kier alpha value is -3.25. The van der Waals surface area contributed by atoms with Crippen molar-refractivity contribution in [1.82, 2.24) is 4.98 Å². The number of anilines is 3. The van der Waals surface area contributed by atoms with Crippen LogP contribution < -0.4 is 21.1 Å². The molecule has 3 rings (SSSR count). The smallest absolute Gasteiger partial charge is 0.252 e. The maximum absolute atomic E-state index is 11.7. The molecule has 0 saturated heterocycles. The lowest BCUT2D eigenvalue weighted by Gasteiger charge is -2.13. The number of primary amides is 1. The average Bonchev–Trinajstić information content (AvgIpc) is 2.67. The van der Waals surface area contributed by atoms with Crippen molar-refractivity contribution in [3.63, 3.8) is 0 Å². The fourth-order valence-electron chi connectivity index (χ4n) is 2.55. The van der Waals surface area contributed by atoms with Crippen molar-refractivity contribution in [2.75, 3.05) is 17.7 Å². The van der Waals surface area contributed by atoms with Crippen LogP contribution in [-0.4, -0.2) is 18.0 Å². The fraction of sp³-hybridized carbons (Fsp3) is 0.100. The summed E-state index contributed by atoms with van der Waals surface area (Å²) in [5.74, 6) is 0.596. The molecule has 0 fully saturated rings. The summed E-state index contributed by atoms with van der Waals surface area (Å²) in [6, 6.07) is 16.9. The first-order valence-corrected chi connectivity index (χ1v) is 8.63. The molecule has 0 atom stereocenters. The minimum absolute atomic E-state index is 0.323. The van der Waals surface area contributed by atoms with Crippen molar-refractivity contribution >= 4 is 34.7 Å². The van der Waals surface area contributed by atoms with E-state index in [1.807, 2.05) is 36.4 Å². The van der Waals surface area contributed by atoms with E-state index in [9.17, 15) is 4.79 Å². The highest BCUT2D eigenvalue weighted by Gasteiger charge is 2.11. The number of ether oxygens (including phenoxy) is 1. The number of halogens is 1. The van der Waals surface area contributed by atoms with Crippen LogP contribution in [0.4, 0.5) is 17.2 Å². The van der Waals surface area contributed by atoms with Gasteiger partial charge in [0.1, 0.15) is 11.6 Å². The zero-order valence-electron chi connectivity index (χ0n) is 14.7. The minimum atomic E-state index is -0.544. The van der Waals surface area contributed by atoms with Gasteiger partial charge in [0, 0.05) is 24.5 Å². The van der Waals surface area contributed by atoms with Gasteiger partial charge in [-0.1, -0.05) is 41.9 Å². The number of benzene rings is 2. The fourth-order valence-corrected chi connectivity index (χ4v) is 2.81.